The van der Waals surface area contributed by atoms with E-state index in [1.165, 1.54) is 11.1 Å². The lowest BCUT2D eigenvalue weighted by molar-refractivity contribution is 0.0851. The Labute approximate surface area is 98.3 Å². The number of aliphatic hydroxyl groups is 1. The predicted octanol–water partition coefficient (Wildman–Crippen LogP) is 3.15. The van der Waals surface area contributed by atoms with Crippen LogP contribution >= 0.6 is 0 Å². The average molecular weight is 222 g/mol. The van der Waals surface area contributed by atoms with E-state index in [0.717, 1.165) is 18.4 Å². The molecule has 0 saturated heterocycles. The molecule has 0 fully saturated rings. The Bertz CT molecular complexity index is 313. The second-order valence-electron chi connectivity index (χ2n) is 4.56. The Morgan fingerprint density at radius 2 is 1.69 bits per heavy atom. The molecule has 0 bridgehead atoms. The quantitative estimate of drug-likeness (QED) is 0.829. The van der Waals surface area contributed by atoms with Crippen molar-refractivity contribution in [3.05, 3.63) is 34.9 Å². The first kappa shape index (κ1) is 13.2. The topological polar surface area (TPSA) is 29.5 Å². The first-order valence-electron chi connectivity index (χ1n) is 5.82. The van der Waals surface area contributed by atoms with Gasteiger partial charge < -0.3 is 9.84 Å². The molecule has 1 aromatic rings. The molecule has 2 nitrogen and oxygen atoms in total. The summed E-state index contributed by atoms with van der Waals surface area (Å²) in [6, 6.07) is 6.22. The van der Waals surface area contributed by atoms with Gasteiger partial charge in [-0.1, -0.05) is 29.3 Å². The molecular weight excluding hydrogens is 200 g/mol. The normalized spacial score (nSPS) is 14.8. The number of rotatable bonds is 5. The molecule has 0 amide bonds. The minimum Gasteiger partial charge on any atom is -0.388 e. The molecule has 0 aliphatic carbocycles. The number of aliphatic hydroxyl groups excluding tert-OH is 1. The molecule has 2 heteroatoms. The van der Waals surface area contributed by atoms with Crippen LogP contribution < -0.4 is 0 Å². The molecular formula is C14H22O2. The summed E-state index contributed by atoms with van der Waals surface area (Å²) in [4.78, 5) is 0. The van der Waals surface area contributed by atoms with Crippen LogP contribution in [-0.4, -0.2) is 18.3 Å². The highest BCUT2D eigenvalue weighted by atomic mass is 16.5. The number of methoxy groups -OCH3 is 1. The monoisotopic (exact) mass is 222 g/mol. The number of hydrogen-bond acceptors (Lipinski definition) is 2. The minimum atomic E-state index is -0.379. The third-order valence-corrected chi connectivity index (χ3v) is 2.88. The second-order valence-corrected chi connectivity index (χ2v) is 4.56. The Morgan fingerprint density at radius 3 is 2.19 bits per heavy atom. The van der Waals surface area contributed by atoms with Gasteiger partial charge in [-0.25, -0.2) is 0 Å². The maximum absolute atomic E-state index is 10.1. The maximum atomic E-state index is 10.1. The summed E-state index contributed by atoms with van der Waals surface area (Å²) in [7, 11) is 1.70. The van der Waals surface area contributed by atoms with Gasteiger partial charge in [0.15, 0.2) is 0 Å². The van der Waals surface area contributed by atoms with Crippen molar-refractivity contribution in [2.75, 3.05) is 7.11 Å². The van der Waals surface area contributed by atoms with Crippen LogP contribution in [0.5, 0.6) is 0 Å². The summed E-state index contributed by atoms with van der Waals surface area (Å²) in [5.41, 5.74) is 3.42. The third kappa shape index (κ3) is 3.95. The standard InChI is InChI=1S/C14H22O2/c1-10-7-11(2)9-13(8-10)14(15)6-5-12(3)16-4/h7-9,12,14-15H,5-6H2,1-4H3. The molecule has 2 unspecified atom stereocenters. The zero-order chi connectivity index (χ0) is 12.1. The fourth-order valence-electron chi connectivity index (χ4n) is 1.88. The molecule has 0 spiro atoms. The molecule has 16 heavy (non-hydrogen) atoms. The molecule has 0 radical (unpaired) electrons. The number of hydrogen-bond donors (Lipinski definition) is 1. The molecule has 0 aliphatic heterocycles. The van der Waals surface area contributed by atoms with Crippen LogP contribution in [0.2, 0.25) is 0 Å². The van der Waals surface area contributed by atoms with Gasteiger partial charge in [0.25, 0.3) is 0 Å². The Kier molecular flexibility index (Phi) is 4.97. The van der Waals surface area contributed by atoms with Gasteiger partial charge in [0.05, 0.1) is 12.2 Å². The van der Waals surface area contributed by atoms with Gasteiger partial charge in [0.2, 0.25) is 0 Å². The predicted molar refractivity (Wildman–Crippen MR) is 66.6 cm³/mol. The largest absolute Gasteiger partial charge is 0.388 e. The van der Waals surface area contributed by atoms with Gasteiger partial charge in [-0.15, -0.1) is 0 Å². The van der Waals surface area contributed by atoms with Gasteiger partial charge in [-0.2, -0.15) is 0 Å². The molecule has 90 valence electrons. The SMILES string of the molecule is COC(C)CCC(O)c1cc(C)cc(C)c1. The lowest BCUT2D eigenvalue weighted by Crippen LogP contribution is -2.08. The van der Waals surface area contributed by atoms with Crippen LogP contribution in [0.25, 0.3) is 0 Å². The van der Waals surface area contributed by atoms with Crippen molar-refractivity contribution >= 4 is 0 Å². The van der Waals surface area contributed by atoms with Crippen molar-refractivity contribution in [1.29, 1.82) is 0 Å². The first-order valence-corrected chi connectivity index (χ1v) is 5.82. The Hall–Kier alpha value is -0.860. The summed E-state index contributed by atoms with van der Waals surface area (Å²) >= 11 is 0. The van der Waals surface area contributed by atoms with Crippen LogP contribution in [0, 0.1) is 13.8 Å². The van der Waals surface area contributed by atoms with Crippen molar-refractivity contribution in [3.8, 4) is 0 Å². The lowest BCUT2D eigenvalue weighted by Gasteiger charge is -2.15. The fourth-order valence-corrected chi connectivity index (χ4v) is 1.88. The molecule has 0 aromatic heterocycles. The van der Waals surface area contributed by atoms with Gasteiger partial charge >= 0.3 is 0 Å². The van der Waals surface area contributed by atoms with Crippen LogP contribution in [0.4, 0.5) is 0 Å². The zero-order valence-corrected chi connectivity index (χ0v) is 10.7. The summed E-state index contributed by atoms with van der Waals surface area (Å²) < 4.78 is 5.17. The molecule has 0 saturated carbocycles. The Morgan fingerprint density at radius 1 is 1.12 bits per heavy atom. The molecule has 2 atom stereocenters. The first-order chi connectivity index (χ1) is 7.52. The van der Waals surface area contributed by atoms with E-state index in [0.29, 0.717) is 0 Å². The van der Waals surface area contributed by atoms with E-state index in [1.54, 1.807) is 7.11 Å². The highest BCUT2D eigenvalue weighted by Gasteiger charge is 2.10. The van der Waals surface area contributed by atoms with Crippen LogP contribution in [0.3, 0.4) is 0 Å². The van der Waals surface area contributed by atoms with Gasteiger partial charge in [-0.3, -0.25) is 0 Å². The van der Waals surface area contributed by atoms with E-state index in [9.17, 15) is 5.11 Å². The van der Waals surface area contributed by atoms with Crippen molar-refractivity contribution in [2.45, 2.75) is 45.8 Å². The average Bonchev–Trinajstić information content (AvgIpc) is 2.23. The van der Waals surface area contributed by atoms with Crippen molar-refractivity contribution in [1.82, 2.24) is 0 Å². The van der Waals surface area contributed by atoms with Crippen molar-refractivity contribution < 1.29 is 9.84 Å². The van der Waals surface area contributed by atoms with Gasteiger partial charge in [0.1, 0.15) is 0 Å². The maximum Gasteiger partial charge on any atom is 0.0791 e. The molecule has 0 aliphatic rings. The van der Waals surface area contributed by atoms with E-state index in [1.807, 2.05) is 6.92 Å². The summed E-state index contributed by atoms with van der Waals surface area (Å²) in [5.74, 6) is 0. The minimum absolute atomic E-state index is 0.209. The van der Waals surface area contributed by atoms with E-state index < -0.39 is 0 Å². The molecule has 1 aromatic carbocycles. The highest BCUT2D eigenvalue weighted by molar-refractivity contribution is 5.29. The van der Waals surface area contributed by atoms with Crippen LogP contribution in [0.1, 0.15) is 42.6 Å². The summed E-state index contributed by atoms with van der Waals surface area (Å²) in [5, 5.41) is 10.1. The second kappa shape index (κ2) is 6.02. The van der Waals surface area contributed by atoms with Crippen LogP contribution in [-0.2, 0) is 4.74 Å². The molecule has 0 heterocycles. The molecule has 1 N–H and O–H groups in total. The summed E-state index contributed by atoms with van der Waals surface area (Å²) in [6.45, 7) is 6.14. The van der Waals surface area contributed by atoms with E-state index in [4.69, 9.17) is 4.74 Å². The number of aryl methyl sites for hydroxylation is 2. The number of ether oxygens (including phenoxy) is 1. The van der Waals surface area contributed by atoms with E-state index in [2.05, 4.69) is 32.0 Å². The van der Waals surface area contributed by atoms with E-state index >= 15 is 0 Å². The fraction of sp³-hybridized carbons (Fsp3) is 0.571. The highest BCUT2D eigenvalue weighted by Crippen LogP contribution is 2.22. The zero-order valence-electron chi connectivity index (χ0n) is 10.7. The van der Waals surface area contributed by atoms with Gasteiger partial charge in [0, 0.05) is 7.11 Å². The number of benzene rings is 1. The van der Waals surface area contributed by atoms with Crippen molar-refractivity contribution in [3.63, 3.8) is 0 Å². The lowest BCUT2D eigenvalue weighted by atomic mass is 9.99. The van der Waals surface area contributed by atoms with Crippen LogP contribution in [0.15, 0.2) is 18.2 Å². The molecule has 1 rings (SSSR count). The van der Waals surface area contributed by atoms with Crippen molar-refractivity contribution in [2.24, 2.45) is 0 Å². The third-order valence-electron chi connectivity index (χ3n) is 2.88. The summed E-state index contributed by atoms with van der Waals surface area (Å²) in [6.07, 6.45) is 1.46. The van der Waals surface area contributed by atoms with Gasteiger partial charge in [-0.05, 0) is 39.2 Å². The van der Waals surface area contributed by atoms with E-state index in [-0.39, 0.29) is 12.2 Å². The smallest absolute Gasteiger partial charge is 0.0791 e. The Balaban J connectivity index is 2.62.